The number of hydrogen-bond acceptors (Lipinski definition) is 2. The molecule has 18 heavy (non-hydrogen) atoms. The topological polar surface area (TPSA) is 49.3 Å². The van der Waals surface area contributed by atoms with Crippen LogP contribution in [0, 0.1) is 0 Å². The second-order valence-electron chi connectivity index (χ2n) is 5.34. The van der Waals surface area contributed by atoms with Gasteiger partial charge in [0.05, 0.1) is 6.04 Å². The summed E-state index contributed by atoms with van der Waals surface area (Å²) < 4.78 is 0. The summed E-state index contributed by atoms with van der Waals surface area (Å²) in [6.07, 6.45) is 2.81. The summed E-state index contributed by atoms with van der Waals surface area (Å²) >= 11 is 0. The van der Waals surface area contributed by atoms with Gasteiger partial charge in [-0.1, -0.05) is 51.1 Å². The third-order valence-electron chi connectivity index (χ3n) is 2.88. The van der Waals surface area contributed by atoms with E-state index in [9.17, 15) is 4.79 Å². The first-order valence-electron chi connectivity index (χ1n) is 6.03. The minimum Gasteiger partial charge on any atom is -0.478 e. The molecule has 1 rings (SSSR count). The molecule has 98 valence electrons. The number of carboxylic acid groups (broad SMARTS) is 1. The Kier molecular flexibility index (Phi) is 4.68. The van der Waals surface area contributed by atoms with Crippen LogP contribution < -0.4 is 5.32 Å². The van der Waals surface area contributed by atoms with E-state index in [1.165, 1.54) is 11.6 Å². The van der Waals surface area contributed by atoms with Crippen molar-refractivity contribution >= 4 is 5.97 Å². The lowest BCUT2D eigenvalue weighted by molar-refractivity contribution is -0.131. The number of aliphatic carboxylic acids is 1. The Labute approximate surface area is 109 Å². The van der Waals surface area contributed by atoms with Crippen LogP contribution >= 0.6 is 0 Å². The fourth-order valence-electron chi connectivity index (χ4n) is 1.74. The number of rotatable bonds is 4. The van der Waals surface area contributed by atoms with Gasteiger partial charge in [-0.05, 0) is 23.6 Å². The van der Waals surface area contributed by atoms with Crippen LogP contribution in [0.4, 0.5) is 0 Å². The molecule has 3 heteroatoms. The molecular formula is C15H21NO2. The molecule has 0 spiro atoms. The zero-order valence-corrected chi connectivity index (χ0v) is 11.4. The predicted octanol–water partition coefficient (Wildman–Crippen LogP) is 2.89. The van der Waals surface area contributed by atoms with Crippen LogP contribution in [-0.2, 0) is 10.2 Å². The highest BCUT2D eigenvalue weighted by atomic mass is 16.4. The fourth-order valence-corrected chi connectivity index (χ4v) is 1.74. The van der Waals surface area contributed by atoms with Gasteiger partial charge >= 0.3 is 5.97 Å². The van der Waals surface area contributed by atoms with E-state index >= 15 is 0 Å². The summed E-state index contributed by atoms with van der Waals surface area (Å²) in [5.74, 6) is -0.929. The molecule has 0 aliphatic heterocycles. The zero-order valence-electron chi connectivity index (χ0n) is 11.4. The maximum Gasteiger partial charge on any atom is 0.328 e. The molecule has 0 saturated heterocycles. The third-order valence-corrected chi connectivity index (χ3v) is 2.88. The molecule has 1 unspecified atom stereocenters. The zero-order chi connectivity index (χ0) is 13.8. The van der Waals surface area contributed by atoms with Crippen LogP contribution in [0.2, 0.25) is 0 Å². The van der Waals surface area contributed by atoms with E-state index in [0.29, 0.717) is 0 Å². The Bertz CT molecular complexity index is 427. The lowest BCUT2D eigenvalue weighted by Gasteiger charge is -2.20. The molecule has 1 atom stereocenters. The quantitative estimate of drug-likeness (QED) is 0.804. The second kappa shape index (κ2) is 5.83. The first-order valence-corrected chi connectivity index (χ1v) is 6.03. The van der Waals surface area contributed by atoms with Gasteiger partial charge in [-0.15, -0.1) is 0 Å². The first kappa shape index (κ1) is 14.5. The maximum atomic E-state index is 10.5. The lowest BCUT2D eigenvalue weighted by atomic mass is 9.86. The smallest absolute Gasteiger partial charge is 0.328 e. The average Bonchev–Trinajstić information content (AvgIpc) is 2.29. The van der Waals surface area contributed by atoms with E-state index < -0.39 is 5.97 Å². The van der Waals surface area contributed by atoms with E-state index in [2.05, 4.69) is 38.2 Å². The minimum absolute atomic E-state index is 0.0740. The number of carboxylic acids is 1. The normalized spacial score (nSPS) is 13.8. The highest BCUT2D eigenvalue weighted by molar-refractivity contribution is 5.79. The molecule has 0 aliphatic carbocycles. The number of carbonyl (C=O) groups is 1. The minimum atomic E-state index is -0.929. The van der Waals surface area contributed by atoms with Crippen LogP contribution in [0.1, 0.15) is 37.9 Å². The van der Waals surface area contributed by atoms with Crippen molar-refractivity contribution < 1.29 is 9.90 Å². The van der Waals surface area contributed by atoms with Crippen molar-refractivity contribution in [2.45, 2.75) is 32.2 Å². The van der Waals surface area contributed by atoms with Crippen molar-refractivity contribution in [2.75, 3.05) is 7.05 Å². The van der Waals surface area contributed by atoms with Gasteiger partial charge in [0.2, 0.25) is 0 Å². The Morgan fingerprint density at radius 1 is 1.28 bits per heavy atom. The second-order valence-corrected chi connectivity index (χ2v) is 5.34. The van der Waals surface area contributed by atoms with E-state index in [1.807, 2.05) is 19.2 Å². The SMILES string of the molecule is CNC(/C=C/C(=O)O)c1ccc(C(C)(C)C)cc1. The lowest BCUT2D eigenvalue weighted by Crippen LogP contribution is -2.15. The van der Waals surface area contributed by atoms with Crippen LogP contribution in [0.15, 0.2) is 36.4 Å². The predicted molar refractivity (Wildman–Crippen MR) is 73.7 cm³/mol. The average molecular weight is 247 g/mol. The summed E-state index contributed by atoms with van der Waals surface area (Å²) in [6, 6.07) is 8.18. The van der Waals surface area contributed by atoms with Crippen molar-refractivity contribution in [1.29, 1.82) is 0 Å². The first-order chi connectivity index (χ1) is 8.34. The number of nitrogens with one attached hydrogen (secondary N) is 1. The number of likely N-dealkylation sites (N-methyl/N-ethyl adjacent to an activating group) is 1. The highest BCUT2D eigenvalue weighted by Gasteiger charge is 2.14. The van der Waals surface area contributed by atoms with Crippen molar-refractivity contribution in [2.24, 2.45) is 0 Å². The standard InChI is InChI=1S/C15H21NO2/c1-15(2,3)12-7-5-11(6-8-12)13(16-4)9-10-14(17)18/h5-10,13,16H,1-4H3,(H,17,18)/b10-9+. The molecular weight excluding hydrogens is 226 g/mol. The Hall–Kier alpha value is -1.61. The molecule has 1 aromatic carbocycles. The number of benzene rings is 1. The van der Waals surface area contributed by atoms with Gasteiger partial charge in [-0.2, -0.15) is 0 Å². The fraction of sp³-hybridized carbons (Fsp3) is 0.400. The van der Waals surface area contributed by atoms with Crippen molar-refractivity contribution in [3.05, 3.63) is 47.5 Å². The van der Waals surface area contributed by atoms with Gasteiger partial charge in [0.15, 0.2) is 0 Å². The van der Waals surface area contributed by atoms with Crippen LogP contribution in [0.25, 0.3) is 0 Å². The summed E-state index contributed by atoms with van der Waals surface area (Å²) in [4.78, 5) is 10.5. The molecule has 3 nitrogen and oxygen atoms in total. The van der Waals surface area contributed by atoms with E-state index in [1.54, 1.807) is 6.08 Å². The van der Waals surface area contributed by atoms with Gasteiger partial charge in [0.1, 0.15) is 0 Å². The third kappa shape index (κ3) is 4.00. The van der Waals surface area contributed by atoms with Gasteiger partial charge < -0.3 is 10.4 Å². The van der Waals surface area contributed by atoms with Crippen LogP contribution in [0.3, 0.4) is 0 Å². The summed E-state index contributed by atoms with van der Waals surface area (Å²) in [6.45, 7) is 6.51. The molecule has 2 N–H and O–H groups in total. The van der Waals surface area contributed by atoms with Crippen molar-refractivity contribution in [1.82, 2.24) is 5.32 Å². The highest BCUT2D eigenvalue weighted by Crippen LogP contribution is 2.24. The molecule has 1 aromatic rings. The molecule has 0 radical (unpaired) electrons. The molecule has 0 aliphatic rings. The molecule has 0 amide bonds. The van der Waals surface area contributed by atoms with E-state index in [4.69, 9.17) is 5.11 Å². The van der Waals surface area contributed by atoms with Crippen LogP contribution in [-0.4, -0.2) is 18.1 Å². The largest absolute Gasteiger partial charge is 0.478 e. The molecule has 0 fully saturated rings. The van der Waals surface area contributed by atoms with Gasteiger partial charge in [0.25, 0.3) is 0 Å². The van der Waals surface area contributed by atoms with Gasteiger partial charge in [-0.3, -0.25) is 0 Å². The Morgan fingerprint density at radius 2 is 1.83 bits per heavy atom. The maximum absolute atomic E-state index is 10.5. The van der Waals surface area contributed by atoms with E-state index in [0.717, 1.165) is 5.56 Å². The molecule has 0 aromatic heterocycles. The molecule has 0 saturated carbocycles. The monoisotopic (exact) mass is 247 g/mol. The molecule has 0 bridgehead atoms. The summed E-state index contributed by atoms with van der Waals surface area (Å²) in [5, 5.41) is 11.7. The van der Waals surface area contributed by atoms with Gasteiger partial charge in [-0.25, -0.2) is 4.79 Å². The summed E-state index contributed by atoms with van der Waals surface area (Å²) in [5.41, 5.74) is 2.45. The van der Waals surface area contributed by atoms with Crippen molar-refractivity contribution in [3.63, 3.8) is 0 Å². The number of hydrogen-bond donors (Lipinski definition) is 2. The molecule has 0 heterocycles. The van der Waals surface area contributed by atoms with Gasteiger partial charge in [0, 0.05) is 6.08 Å². The summed E-state index contributed by atoms with van der Waals surface area (Å²) in [7, 11) is 1.81. The Balaban J connectivity index is 2.92. The van der Waals surface area contributed by atoms with Crippen molar-refractivity contribution in [3.8, 4) is 0 Å². The van der Waals surface area contributed by atoms with Crippen LogP contribution in [0.5, 0.6) is 0 Å². The van der Waals surface area contributed by atoms with E-state index in [-0.39, 0.29) is 11.5 Å². The Morgan fingerprint density at radius 3 is 2.22 bits per heavy atom.